The third-order valence-electron chi connectivity index (χ3n) is 3.81. The van der Waals surface area contributed by atoms with Crippen molar-refractivity contribution in [3.63, 3.8) is 0 Å². The lowest BCUT2D eigenvalue weighted by molar-refractivity contribution is 0.396. The summed E-state index contributed by atoms with van der Waals surface area (Å²) in [6, 6.07) is 0. The van der Waals surface area contributed by atoms with Gasteiger partial charge in [0.15, 0.2) is 0 Å². The molecule has 5 heteroatoms. The third kappa shape index (κ3) is 11.7. The lowest BCUT2D eigenvalue weighted by atomic mass is 9.92. The van der Waals surface area contributed by atoms with Gasteiger partial charge in [-0.2, -0.15) is 0 Å². The van der Waals surface area contributed by atoms with Crippen LogP contribution in [0.4, 0.5) is 0 Å². The predicted molar refractivity (Wildman–Crippen MR) is 106 cm³/mol. The SMILES string of the molecule is CCCCCCC(CCCCCC)[C@@H](SSC)C(Cl)(Cl)Cl. The van der Waals surface area contributed by atoms with Gasteiger partial charge in [0.25, 0.3) is 0 Å². The number of rotatable bonds is 13. The van der Waals surface area contributed by atoms with E-state index in [9.17, 15) is 0 Å². The smallest absolute Gasteiger partial charge is 0.0972 e. The average Bonchev–Trinajstić information content (AvgIpc) is 2.42. The Kier molecular flexibility index (Phi) is 15.0. The minimum Gasteiger partial charge on any atom is -0.0972 e. The topological polar surface area (TPSA) is 0 Å². The minimum absolute atomic E-state index is 0.0979. The normalized spacial score (nSPS) is 13.9. The lowest BCUT2D eigenvalue weighted by Gasteiger charge is -2.31. The summed E-state index contributed by atoms with van der Waals surface area (Å²) in [6.45, 7) is 4.49. The van der Waals surface area contributed by atoms with Crippen LogP contribution in [0.2, 0.25) is 0 Å². The molecule has 0 N–H and O–H groups in total. The van der Waals surface area contributed by atoms with Crippen LogP contribution in [0.15, 0.2) is 0 Å². The fourth-order valence-corrected chi connectivity index (χ4v) is 6.30. The highest BCUT2D eigenvalue weighted by Crippen LogP contribution is 2.47. The lowest BCUT2D eigenvalue weighted by Crippen LogP contribution is -2.30. The summed E-state index contributed by atoms with van der Waals surface area (Å²) < 4.78 is -1.16. The number of hydrogen-bond donors (Lipinski definition) is 0. The molecule has 0 heterocycles. The average molecular weight is 394 g/mol. The van der Waals surface area contributed by atoms with Crippen molar-refractivity contribution in [2.24, 2.45) is 5.92 Å². The van der Waals surface area contributed by atoms with Gasteiger partial charge in [0.05, 0.1) is 5.25 Å². The molecule has 0 bridgehead atoms. The first-order chi connectivity index (χ1) is 9.97. The van der Waals surface area contributed by atoms with Crippen LogP contribution in [-0.2, 0) is 0 Å². The largest absolute Gasteiger partial charge is 0.203 e. The molecule has 21 heavy (non-hydrogen) atoms. The molecule has 0 saturated heterocycles. The molecule has 0 aliphatic rings. The number of alkyl halides is 3. The van der Waals surface area contributed by atoms with E-state index in [1.165, 1.54) is 64.2 Å². The molecule has 0 spiro atoms. The van der Waals surface area contributed by atoms with Crippen molar-refractivity contribution in [1.29, 1.82) is 0 Å². The van der Waals surface area contributed by atoms with Crippen molar-refractivity contribution in [2.75, 3.05) is 6.26 Å². The van der Waals surface area contributed by atoms with E-state index < -0.39 is 3.79 Å². The molecule has 0 aromatic carbocycles. The fraction of sp³-hybridized carbons (Fsp3) is 1.00. The summed E-state index contributed by atoms with van der Waals surface area (Å²) in [7, 11) is 3.46. The van der Waals surface area contributed by atoms with E-state index in [1.807, 2.05) is 0 Å². The summed E-state index contributed by atoms with van der Waals surface area (Å²) >= 11 is 18.7. The first-order valence-corrected chi connectivity index (χ1v) is 12.0. The molecule has 1 atom stereocenters. The van der Waals surface area contributed by atoms with E-state index in [2.05, 4.69) is 20.1 Å². The highest BCUT2D eigenvalue weighted by Gasteiger charge is 2.38. The highest BCUT2D eigenvalue weighted by molar-refractivity contribution is 8.76. The maximum atomic E-state index is 6.25. The Balaban J connectivity index is 4.48. The first-order valence-electron chi connectivity index (χ1n) is 8.23. The molecule has 0 aliphatic carbocycles. The molecule has 0 fully saturated rings. The van der Waals surface area contributed by atoms with Crippen molar-refractivity contribution < 1.29 is 0 Å². The Morgan fingerprint density at radius 1 is 0.810 bits per heavy atom. The van der Waals surface area contributed by atoms with Gasteiger partial charge in [-0.3, -0.25) is 0 Å². The molecule has 0 unspecified atom stereocenters. The van der Waals surface area contributed by atoms with Crippen molar-refractivity contribution in [2.45, 2.75) is 87.1 Å². The predicted octanol–water partition coefficient (Wildman–Crippen LogP) is 8.29. The van der Waals surface area contributed by atoms with Crippen LogP contribution in [-0.4, -0.2) is 15.3 Å². The summed E-state index contributed by atoms with van der Waals surface area (Å²) in [5, 5.41) is 0.0979. The van der Waals surface area contributed by atoms with Gasteiger partial charge in [-0.05, 0) is 25.0 Å². The summed E-state index contributed by atoms with van der Waals surface area (Å²) in [6.07, 6.45) is 14.8. The molecular weight excluding hydrogens is 363 g/mol. The number of unbranched alkanes of at least 4 members (excludes halogenated alkanes) is 6. The van der Waals surface area contributed by atoms with Gasteiger partial charge in [-0.1, -0.05) is 122 Å². The highest BCUT2D eigenvalue weighted by atomic mass is 35.6. The van der Waals surface area contributed by atoms with Gasteiger partial charge >= 0.3 is 0 Å². The van der Waals surface area contributed by atoms with Crippen LogP contribution in [0.25, 0.3) is 0 Å². The Morgan fingerprint density at radius 3 is 1.62 bits per heavy atom. The monoisotopic (exact) mass is 392 g/mol. The standard InChI is InChI=1S/C16H31Cl3S2/c1-4-6-8-10-12-14(13-11-9-7-5-2)15(21-20-3)16(17,18)19/h14-15H,4-13H2,1-3H3/t15-/m1/s1. The van der Waals surface area contributed by atoms with E-state index in [-0.39, 0.29) is 5.25 Å². The molecular formula is C16H31Cl3S2. The fourth-order valence-electron chi connectivity index (χ4n) is 2.62. The zero-order valence-corrected chi connectivity index (χ0v) is 17.6. The molecule has 0 aliphatic heterocycles. The second kappa shape index (κ2) is 14.0. The summed E-state index contributed by atoms with van der Waals surface area (Å²) in [5.74, 6) is 0.517. The number of hydrogen-bond acceptors (Lipinski definition) is 2. The van der Waals surface area contributed by atoms with Crippen LogP contribution in [0, 0.1) is 5.92 Å². The van der Waals surface area contributed by atoms with E-state index in [0.717, 1.165) is 0 Å². The maximum Gasteiger partial charge on any atom is 0.203 e. The van der Waals surface area contributed by atoms with Crippen LogP contribution < -0.4 is 0 Å². The number of halogens is 3. The van der Waals surface area contributed by atoms with Crippen LogP contribution in [0.3, 0.4) is 0 Å². The second-order valence-corrected chi connectivity index (χ2v) is 10.7. The van der Waals surface area contributed by atoms with E-state index in [1.54, 1.807) is 21.6 Å². The van der Waals surface area contributed by atoms with Gasteiger partial charge in [0.1, 0.15) is 0 Å². The van der Waals surface area contributed by atoms with Gasteiger partial charge in [0.2, 0.25) is 3.79 Å². The Labute approximate surface area is 155 Å². The third-order valence-corrected chi connectivity index (χ3v) is 7.24. The van der Waals surface area contributed by atoms with Crippen molar-refractivity contribution in [3.05, 3.63) is 0 Å². The minimum atomic E-state index is -1.16. The molecule has 128 valence electrons. The van der Waals surface area contributed by atoms with Gasteiger partial charge < -0.3 is 0 Å². The second-order valence-electron chi connectivity index (χ2n) is 5.68. The van der Waals surface area contributed by atoms with Crippen LogP contribution >= 0.6 is 56.4 Å². The van der Waals surface area contributed by atoms with Crippen LogP contribution in [0.1, 0.15) is 78.1 Å². The van der Waals surface area contributed by atoms with Gasteiger partial charge in [0, 0.05) is 0 Å². The van der Waals surface area contributed by atoms with Crippen LogP contribution in [0.5, 0.6) is 0 Å². The Morgan fingerprint density at radius 2 is 1.29 bits per heavy atom. The zero-order chi connectivity index (χ0) is 16.1. The Hall–Kier alpha value is 1.57. The van der Waals surface area contributed by atoms with Crippen molar-refractivity contribution in [1.82, 2.24) is 0 Å². The molecule has 0 radical (unpaired) electrons. The summed E-state index contributed by atoms with van der Waals surface area (Å²) in [4.78, 5) is 0. The maximum absolute atomic E-state index is 6.25. The molecule has 0 nitrogen and oxygen atoms in total. The quantitative estimate of drug-likeness (QED) is 0.175. The zero-order valence-electron chi connectivity index (χ0n) is 13.7. The molecule has 0 aromatic rings. The summed E-state index contributed by atoms with van der Waals surface area (Å²) in [5.41, 5.74) is 0. The van der Waals surface area contributed by atoms with E-state index >= 15 is 0 Å². The van der Waals surface area contributed by atoms with Crippen molar-refractivity contribution >= 4 is 56.4 Å². The van der Waals surface area contributed by atoms with Crippen molar-refractivity contribution in [3.8, 4) is 0 Å². The first kappa shape index (κ1) is 22.6. The van der Waals surface area contributed by atoms with Gasteiger partial charge in [-0.25, -0.2) is 0 Å². The van der Waals surface area contributed by atoms with E-state index in [0.29, 0.717) is 5.92 Å². The van der Waals surface area contributed by atoms with E-state index in [4.69, 9.17) is 34.8 Å². The van der Waals surface area contributed by atoms with Gasteiger partial charge in [-0.15, -0.1) is 0 Å². The molecule has 0 rings (SSSR count). The Bertz CT molecular complexity index is 220. The molecule has 0 saturated carbocycles. The molecule has 0 amide bonds. The molecule has 0 aromatic heterocycles.